The van der Waals surface area contributed by atoms with Gasteiger partial charge < -0.3 is 0 Å². The second-order valence-corrected chi connectivity index (χ2v) is 5.88. The van der Waals surface area contributed by atoms with Gasteiger partial charge in [-0.1, -0.05) is 78.1 Å². The maximum absolute atomic E-state index is 4.32. The van der Waals surface area contributed by atoms with Crippen LogP contribution >= 0.6 is 12.6 Å². The van der Waals surface area contributed by atoms with Gasteiger partial charge in [0, 0.05) is 0 Å². The fourth-order valence-corrected chi connectivity index (χ4v) is 2.79. The summed E-state index contributed by atoms with van der Waals surface area (Å²) < 4.78 is 0. The van der Waals surface area contributed by atoms with E-state index in [1.807, 2.05) is 0 Å². The van der Waals surface area contributed by atoms with E-state index in [9.17, 15) is 0 Å². The Morgan fingerprint density at radius 2 is 1.24 bits per heavy atom. The van der Waals surface area contributed by atoms with Crippen molar-refractivity contribution in [1.82, 2.24) is 0 Å². The van der Waals surface area contributed by atoms with Crippen molar-refractivity contribution in [2.75, 3.05) is 5.75 Å². The van der Waals surface area contributed by atoms with Crippen LogP contribution in [0.25, 0.3) is 0 Å². The second-order valence-electron chi connectivity index (χ2n) is 5.43. The fraction of sp³-hybridized carbons (Fsp3) is 1.00. The predicted octanol–water partition coefficient (Wildman–Crippen LogP) is 6.25. The summed E-state index contributed by atoms with van der Waals surface area (Å²) in [7, 11) is 0. The van der Waals surface area contributed by atoms with E-state index in [1.54, 1.807) is 0 Å². The summed E-state index contributed by atoms with van der Waals surface area (Å²) in [4.78, 5) is 0. The van der Waals surface area contributed by atoms with Crippen LogP contribution in [0.1, 0.15) is 90.9 Å². The van der Waals surface area contributed by atoms with Gasteiger partial charge >= 0.3 is 0 Å². The standard InChI is InChI=1S/C16H34S/c1-3-5-6-7-8-9-10-13-16(12-4-2)14-11-15-17/h16-17H,3-15H2,1-2H3. The zero-order chi connectivity index (χ0) is 12.8. The van der Waals surface area contributed by atoms with Crippen LogP contribution in [-0.4, -0.2) is 5.75 Å². The molecule has 0 aromatic carbocycles. The molecule has 0 aliphatic carbocycles. The van der Waals surface area contributed by atoms with Crippen LogP contribution in [0.4, 0.5) is 0 Å². The van der Waals surface area contributed by atoms with Gasteiger partial charge in [-0.25, -0.2) is 0 Å². The van der Waals surface area contributed by atoms with Gasteiger partial charge in [0.05, 0.1) is 0 Å². The van der Waals surface area contributed by atoms with Gasteiger partial charge in [-0.15, -0.1) is 0 Å². The van der Waals surface area contributed by atoms with Crippen LogP contribution in [0.15, 0.2) is 0 Å². The van der Waals surface area contributed by atoms with E-state index in [1.165, 1.54) is 77.0 Å². The highest BCUT2D eigenvalue weighted by molar-refractivity contribution is 7.80. The van der Waals surface area contributed by atoms with Crippen molar-refractivity contribution in [2.45, 2.75) is 90.9 Å². The van der Waals surface area contributed by atoms with Crippen LogP contribution in [0.2, 0.25) is 0 Å². The Labute approximate surface area is 115 Å². The summed E-state index contributed by atoms with van der Waals surface area (Å²) in [6, 6.07) is 0. The smallest absolute Gasteiger partial charge is 0.00978 e. The van der Waals surface area contributed by atoms with Crippen molar-refractivity contribution in [3.05, 3.63) is 0 Å². The fourth-order valence-electron chi connectivity index (χ4n) is 2.61. The predicted molar refractivity (Wildman–Crippen MR) is 84.1 cm³/mol. The van der Waals surface area contributed by atoms with Crippen LogP contribution in [-0.2, 0) is 0 Å². The molecule has 0 saturated carbocycles. The zero-order valence-corrected chi connectivity index (χ0v) is 13.1. The summed E-state index contributed by atoms with van der Waals surface area (Å²) in [6.45, 7) is 4.61. The minimum atomic E-state index is 0.989. The van der Waals surface area contributed by atoms with Crippen LogP contribution < -0.4 is 0 Å². The van der Waals surface area contributed by atoms with Crippen LogP contribution in [0.3, 0.4) is 0 Å². The highest BCUT2D eigenvalue weighted by Gasteiger charge is 2.06. The Morgan fingerprint density at radius 1 is 0.647 bits per heavy atom. The highest BCUT2D eigenvalue weighted by Crippen LogP contribution is 2.21. The van der Waals surface area contributed by atoms with E-state index >= 15 is 0 Å². The average Bonchev–Trinajstić information content (AvgIpc) is 2.34. The lowest BCUT2D eigenvalue weighted by molar-refractivity contribution is 0.392. The summed E-state index contributed by atoms with van der Waals surface area (Å²) in [6.07, 6.45) is 17.1. The molecule has 0 aliphatic rings. The molecule has 1 unspecified atom stereocenters. The van der Waals surface area contributed by atoms with Crippen LogP contribution in [0, 0.1) is 5.92 Å². The van der Waals surface area contributed by atoms with Gasteiger partial charge in [0.1, 0.15) is 0 Å². The molecule has 0 fully saturated rings. The molecule has 17 heavy (non-hydrogen) atoms. The molecule has 0 aliphatic heterocycles. The van der Waals surface area contributed by atoms with Crippen molar-refractivity contribution in [1.29, 1.82) is 0 Å². The van der Waals surface area contributed by atoms with Crippen LogP contribution in [0.5, 0.6) is 0 Å². The molecule has 0 saturated heterocycles. The summed E-state index contributed by atoms with van der Waals surface area (Å²) in [5.74, 6) is 2.06. The van der Waals surface area contributed by atoms with Gasteiger partial charge in [0.2, 0.25) is 0 Å². The van der Waals surface area contributed by atoms with Gasteiger partial charge in [0.15, 0.2) is 0 Å². The summed E-state index contributed by atoms with van der Waals surface area (Å²) in [5.41, 5.74) is 0. The lowest BCUT2D eigenvalue weighted by atomic mass is 9.92. The maximum atomic E-state index is 4.32. The van der Waals surface area contributed by atoms with E-state index in [2.05, 4.69) is 26.5 Å². The number of hydrogen-bond donors (Lipinski definition) is 1. The van der Waals surface area contributed by atoms with Gasteiger partial charge in [-0.05, 0) is 24.5 Å². The summed E-state index contributed by atoms with van der Waals surface area (Å²) in [5, 5.41) is 0. The number of rotatable bonds is 13. The maximum Gasteiger partial charge on any atom is -0.00978 e. The molecule has 1 atom stereocenters. The van der Waals surface area contributed by atoms with Crippen molar-refractivity contribution in [3.63, 3.8) is 0 Å². The van der Waals surface area contributed by atoms with Crippen molar-refractivity contribution >= 4 is 12.6 Å². The van der Waals surface area contributed by atoms with Gasteiger partial charge in [-0.2, -0.15) is 12.6 Å². The molecule has 0 bridgehead atoms. The van der Waals surface area contributed by atoms with E-state index in [0.717, 1.165) is 11.7 Å². The molecule has 0 rings (SSSR count). The molecule has 0 heterocycles. The SMILES string of the molecule is CCCCCCCCCC(CCC)CCCS. The Kier molecular flexibility index (Phi) is 14.7. The van der Waals surface area contributed by atoms with E-state index in [0.29, 0.717) is 0 Å². The monoisotopic (exact) mass is 258 g/mol. The van der Waals surface area contributed by atoms with E-state index in [-0.39, 0.29) is 0 Å². The molecule has 0 aromatic heterocycles. The molecule has 0 amide bonds. The zero-order valence-electron chi connectivity index (χ0n) is 12.2. The highest BCUT2D eigenvalue weighted by atomic mass is 32.1. The quantitative estimate of drug-likeness (QED) is 0.293. The number of unbranched alkanes of at least 4 members (excludes halogenated alkanes) is 6. The Bertz CT molecular complexity index is 133. The molecule has 0 nitrogen and oxygen atoms in total. The summed E-state index contributed by atoms with van der Waals surface area (Å²) >= 11 is 4.32. The first-order chi connectivity index (χ1) is 8.35. The minimum absolute atomic E-state index is 0.989. The molecule has 0 N–H and O–H groups in total. The third kappa shape index (κ3) is 12.6. The lowest BCUT2D eigenvalue weighted by Gasteiger charge is -2.15. The molecule has 0 spiro atoms. The topological polar surface area (TPSA) is 0 Å². The van der Waals surface area contributed by atoms with E-state index in [4.69, 9.17) is 0 Å². The first-order valence-electron chi connectivity index (χ1n) is 7.96. The number of thiol groups is 1. The second kappa shape index (κ2) is 14.4. The Hall–Kier alpha value is 0.350. The van der Waals surface area contributed by atoms with Gasteiger partial charge in [-0.3, -0.25) is 0 Å². The normalized spacial score (nSPS) is 12.9. The molecule has 104 valence electrons. The molecule has 0 radical (unpaired) electrons. The van der Waals surface area contributed by atoms with Crippen molar-refractivity contribution in [3.8, 4) is 0 Å². The first-order valence-corrected chi connectivity index (χ1v) is 8.59. The lowest BCUT2D eigenvalue weighted by Crippen LogP contribution is -2.01. The van der Waals surface area contributed by atoms with E-state index < -0.39 is 0 Å². The average molecular weight is 259 g/mol. The molecule has 1 heteroatoms. The first kappa shape index (κ1) is 17.4. The molecular weight excluding hydrogens is 224 g/mol. The largest absolute Gasteiger partial charge is 0.179 e. The van der Waals surface area contributed by atoms with Crippen molar-refractivity contribution < 1.29 is 0 Å². The van der Waals surface area contributed by atoms with Crippen molar-refractivity contribution in [2.24, 2.45) is 5.92 Å². The third-order valence-corrected chi connectivity index (χ3v) is 4.00. The minimum Gasteiger partial charge on any atom is -0.179 e. The Balaban J connectivity index is 3.34. The molecular formula is C16H34S. The number of hydrogen-bond acceptors (Lipinski definition) is 1. The van der Waals surface area contributed by atoms with Gasteiger partial charge in [0.25, 0.3) is 0 Å². The third-order valence-electron chi connectivity index (χ3n) is 3.68. The molecule has 0 aromatic rings. The Morgan fingerprint density at radius 3 is 1.82 bits per heavy atom.